The highest BCUT2D eigenvalue weighted by Crippen LogP contribution is 2.24. The van der Waals surface area contributed by atoms with Crippen molar-refractivity contribution >= 4 is 33.6 Å². The molecule has 1 unspecified atom stereocenters. The fourth-order valence-corrected chi connectivity index (χ4v) is 3.04. The second kappa shape index (κ2) is 6.91. The molecule has 23 heavy (non-hydrogen) atoms. The predicted octanol–water partition coefficient (Wildman–Crippen LogP) is 4.10. The van der Waals surface area contributed by atoms with E-state index in [0.717, 1.165) is 22.1 Å². The van der Waals surface area contributed by atoms with Crippen LogP contribution in [0.2, 0.25) is 0 Å². The van der Waals surface area contributed by atoms with Crippen LogP contribution in [-0.2, 0) is 9.53 Å². The molecule has 1 fully saturated rings. The topological polar surface area (TPSA) is 58.6 Å². The second-order valence-corrected chi connectivity index (χ2v) is 7.70. The van der Waals surface area contributed by atoms with Crippen molar-refractivity contribution < 1.29 is 14.3 Å². The van der Waals surface area contributed by atoms with Crippen molar-refractivity contribution in [2.24, 2.45) is 0 Å². The molecule has 6 heteroatoms. The summed E-state index contributed by atoms with van der Waals surface area (Å²) in [6.07, 6.45) is 1.03. The first kappa shape index (κ1) is 17.8. The smallest absolute Gasteiger partial charge is 0.410 e. The SMILES string of the molecule is Cc1cc(Br)ccc1NC(=O)C1CCCN1C(=O)OC(C)(C)C. The number of nitrogens with zero attached hydrogens (tertiary/aromatic N) is 1. The Morgan fingerprint density at radius 2 is 2.04 bits per heavy atom. The molecule has 1 aliphatic heterocycles. The Labute approximate surface area is 145 Å². The Bertz CT molecular complexity index is 610. The number of carbonyl (C=O) groups is 2. The van der Waals surface area contributed by atoms with Crippen LogP contribution in [0.25, 0.3) is 0 Å². The first-order valence-electron chi connectivity index (χ1n) is 7.74. The first-order valence-corrected chi connectivity index (χ1v) is 8.53. The molecule has 1 aromatic carbocycles. The molecule has 1 atom stereocenters. The lowest BCUT2D eigenvalue weighted by Gasteiger charge is -2.28. The van der Waals surface area contributed by atoms with Gasteiger partial charge in [-0.2, -0.15) is 0 Å². The average Bonchev–Trinajstić information content (AvgIpc) is 2.89. The van der Waals surface area contributed by atoms with Crippen molar-refractivity contribution in [1.82, 2.24) is 4.90 Å². The number of benzene rings is 1. The predicted molar refractivity (Wildman–Crippen MR) is 93.5 cm³/mol. The average molecular weight is 383 g/mol. The molecule has 0 saturated carbocycles. The quantitative estimate of drug-likeness (QED) is 0.837. The third kappa shape index (κ3) is 4.70. The normalized spacial score (nSPS) is 18.0. The van der Waals surface area contributed by atoms with Crippen molar-refractivity contribution in [2.45, 2.75) is 52.2 Å². The van der Waals surface area contributed by atoms with E-state index in [-0.39, 0.29) is 5.91 Å². The molecular formula is C17H23BrN2O3. The van der Waals surface area contributed by atoms with Gasteiger partial charge < -0.3 is 10.1 Å². The number of ether oxygens (including phenoxy) is 1. The van der Waals surface area contributed by atoms with Crippen molar-refractivity contribution in [3.05, 3.63) is 28.2 Å². The summed E-state index contributed by atoms with van der Waals surface area (Å²) in [6.45, 7) is 7.94. The monoisotopic (exact) mass is 382 g/mol. The number of carbonyl (C=O) groups excluding carboxylic acids is 2. The van der Waals surface area contributed by atoms with Crippen molar-refractivity contribution in [2.75, 3.05) is 11.9 Å². The van der Waals surface area contributed by atoms with E-state index in [2.05, 4.69) is 21.2 Å². The second-order valence-electron chi connectivity index (χ2n) is 6.78. The van der Waals surface area contributed by atoms with Gasteiger partial charge in [0, 0.05) is 16.7 Å². The molecule has 0 aliphatic carbocycles. The van der Waals surface area contributed by atoms with E-state index in [9.17, 15) is 9.59 Å². The zero-order chi connectivity index (χ0) is 17.2. The third-order valence-corrected chi connectivity index (χ3v) is 4.12. The molecule has 2 amide bonds. The van der Waals surface area contributed by atoms with E-state index in [1.54, 1.807) is 0 Å². The molecule has 1 aromatic rings. The van der Waals surface area contributed by atoms with Gasteiger partial charge in [0.15, 0.2) is 0 Å². The van der Waals surface area contributed by atoms with E-state index in [1.807, 2.05) is 45.9 Å². The minimum atomic E-state index is -0.566. The van der Waals surface area contributed by atoms with Crippen molar-refractivity contribution in [3.63, 3.8) is 0 Å². The molecule has 2 rings (SSSR count). The highest BCUT2D eigenvalue weighted by atomic mass is 79.9. The summed E-state index contributed by atoms with van der Waals surface area (Å²) in [5, 5.41) is 2.92. The number of aryl methyl sites for hydroxylation is 1. The van der Waals surface area contributed by atoms with Crippen LogP contribution in [0.1, 0.15) is 39.2 Å². The van der Waals surface area contributed by atoms with Gasteiger partial charge in [-0.15, -0.1) is 0 Å². The number of amides is 2. The van der Waals surface area contributed by atoms with Crippen LogP contribution < -0.4 is 5.32 Å². The number of hydrogen-bond acceptors (Lipinski definition) is 3. The number of hydrogen-bond donors (Lipinski definition) is 1. The lowest BCUT2D eigenvalue weighted by molar-refractivity contribution is -0.120. The number of anilines is 1. The van der Waals surface area contributed by atoms with Gasteiger partial charge in [-0.1, -0.05) is 15.9 Å². The Morgan fingerprint density at radius 1 is 1.35 bits per heavy atom. The van der Waals surface area contributed by atoms with E-state index < -0.39 is 17.7 Å². The largest absolute Gasteiger partial charge is 0.444 e. The fraction of sp³-hybridized carbons (Fsp3) is 0.529. The highest BCUT2D eigenvalue weighted by molar-refractivity contribution is 9.10. The van der Waals surface area contributed by atoms with Gasteiger partial charge in [0.2, 0.25) is 5.91 Å². The summed E-state index contributed by atoms with van der Waals surface area (Å²) in [4.78, 5) is 26.3. The van der Waals surface area contributed by atoms with Crippen LogP contribution in [0.15, 0.2) is 22.7 Å². The Morgan fingerprint density at radius 3 is 2.65 bits per heavy atom. The summed E-state index contributed by atoms with van der Waals surface area (Å²) in [7, 11) is 0. The van der Waals surface area contributed by atoms with Crippen LogP contribution in [0, 0.1) is 6.92 Å². The number of halogens is 1. The molecule has 0 radical (unpaired) electrons. The Kier molecular flexibility index (Phi) is 5.34. The number of nitrogens with one attached hydrogen (secondary N) is 1. The van der Waals surface area contributed by atoms with Crippen LogP contribution >= 0.6 is 15.9 Å². The van der Waals surface area contributed by atoms with E-state index >= 15 is 0 Å². The summed E-state index contributed by atoms with van der Waals surface area (Å²) in [5.74, 6) is -0.168. The van der Waals surface area contributed by atoms with Crippen molar-refractivity contribution in [1.29, 1.82) is 0 Å². The van der Waals surface area contributed by atoms with Crippen LogP contribution in [0.4, 0.5) is 10.5 Å². The molecule has 126 valence electrons. The van der Waals surface area contributed by atoms with Crippen LogP contribution in [0.5, 0.6) is 0 Å². The maximum Gasteiger partial charge on any atom is 0.410 e. The fourth-order valence-electron chi connectivity index (χ4n) is 2.56. The van der Waals surface area contributed by atoms with Crippen LogP contribution in [-0.4, -0.2) is 35.1 Å². The maximum absolute atomic E-state index is 12.6. The molecule has 0 aromatic heterocycles. The molecular weight excluding hydrogens is 360 g/mol. The van der Waals surface area contributed by atoms with Gasteiger partial charge in [-0.05, 0) is 64.3 Å². The van der Waals surface area contributed by atoms with Gasteiger partial charge in [-0.3, -0.25) is 9.69 Å². The Balaban J connectivity index is 2.07. The Hall–Kier alpha value is -1.56. The summed E-state index contributed by atoms with van der Waals surface area (Å²) >= 11 is 3.40. The summed E-state index contributed by atoms with van der Waals surface area (Å²) in [5.41, 5.74) is 1.16. The van der Waals surface area contributed by atoms with Gasteiger partial charge >= 0.3 is 6.09 Å². The van der Waals surface area contributed by atoms with Crippen LogP contribution in [0.3, 0.4) is 0 Å². The zero-order valence-electron chi connectivity index (χ0n) is 14.0. The molecule has 1 aliphatic rings. The van der Waals surface area contributed by atoms with E-state index in [1.165, 1.54) is 4.90 Å². The molecule has 5 nitrogen and oxygen atoms in total. The zero-order valence-corrected chi connectivity index (χ0v) is 15.6. The standard InChI is InChI=1S/C17H23BrN2O3/c1-11-10-12(18)7-8-13(11)19-15(21)14-6-5-9-20(14)16(22)23-17(2,3)4/h7-8,10,14H,5-6,9H2,1-4H3,(H,19,21). The van der Waals surface area contributed by atoms with Gasteiger partial charge in [0.05, 0.1) is 0 Å². The molecule has 1 saturated heterocycles. The summed E-state index contributed by atoms with van der Waals surface area (Å²) < 4.78 is 6.35. The number of rotatable bonds is 2. The summed E-state index contributed by atoms with van der Waals surface area (Å²) in [6, 6.07) is 5.19. The lowest BCUT2D eigenvalue weighted by atomic mass is 10.1. The highest BCUT2D eigenvalue weighted by Gasteiger charge is 2.36. The lowest BCUT2D eigenvalue weighted by Crippen LogP contribution is -2.45. The molecule has 0 bridgehead atoms. The first-order chi connectivity index (χ1) is 10.7. The number of likely N-dealkylation sites (tertiary alicyclic amines) is 1. The molecule has 1 heterocycles. The van der Waals surface area contributed by atoms with Crippen molar-refractivity contribution in [3.8, 4) is 0 Å². The minimum Gasteiger partial charge on any atom is -0.444 e. The third-order valence-electron chi connectivity index (χ3n) is 3.63. The van der Waals surface area contributed by atoms with E-state index in [4.69, 9.17) is 4.74 Å². The van der Waals surface area contributed by atoms with Gasteiger partial charge in [-0.25, -0.2) is 4.79 Å². The molecule has 0 spiro atoms. The van der Waals surface area contributed by atoms with Gasteiger partial charge in [0.25, 0.3) is 0 Å². The maximum atomic E-state index is 12.6. The minimum absolute atomic E-state index is 0.168. The molecule has 1 N–H and O–H groups in total. The van der Waals surface area contributed by atoms with Gasteiger partial charge in [0.1, 0.15) is 11.6 Å². The van der Waals surface area contributed by atoms with E-state index in [0.29, 0.717) is 13.0 Å².